The molecule has 1 fully saturated rings. The highest BCUT2D eigenvalue weighted by Gasteiger charge is 2.35. The average Bonchev–Trinajstić information content (AvgIpc) is 2.77. The van der Waals surface area contributed by atoms with Crippen LogP contribution in [0.25, 0.3) is 0 Å². The number of phenolic OH excluding ortho intramolecular Hbond substituents is 1. The highest BCUT2D eigenvalue weighted by atomic mass is 16.5. The second-order valence-corrected chi connectivity index (χ2v) is 3.91. The lowest BCUT2D eigenvalue weighted by Crippen LogP contribution is -2.24. The molecule has 0 aromatic heterocycles. The first-order valence-corrected chi connectivity index (χ1v) is 5.33. The van der Waals surface area contributed by atoms with Crippen LogP contribution < -0.4 is 5.32 Å². The highest BCUT2D eigenvalue weighted by molar-refractivity contribution is 5.74. The number of aromatic hydroxyl groups is 1. The maximum absolute atomic E-state index is 11.6. The molecule has 4 heteroatoms. The fraction of sp³-hybridized carbons (Fsp3) is 0.417. The Hall–Kier alpha value is -1.55. The van der Waals surface area contributed by atoms with Gasteiger partial charge in [0, 0.05) is 11.6 Å². The number of hydrogen-bond acceptors (Lipinski definition) is 4. The number of ether oxygens (including phenoxy) is 1. The number of phenols is 1. The molecule has 86 valence electrons. The van der Waals surface area contributed by atoms with Crippen LogP contribution in [0.4, 0.5) is 0 Å². The molecule has 0 bridgehead atoms. The quantitative estimate of drug-likeness (QED) is 0.737. The smallest absolute Gasteiger partial charge is 0.310 e. The standard InChI is InChI=1S/C12H15NO3/c1-16-12(15)9-6-7-13-11(9)8-4-2-3-5-10(8)14/h2-5,9,11,13-14H,6-7H2,1H3. The van der Waals surface area contributed by atoms with E-state index in [9.17, 15) is 9.90 Å². The molecule has 0 saturated carbocycles. The van der Waals surface area contributed by atoms with Gasteiger partial charge in [0.15, 0.2) is 0 Å². The molecule has 1 aromatic rings. The van der Waals surface area contributed by atoms with Gasteiger partial charge >= 0.3 is 5.97 Å². The van der Waals surface area contributed by atoms with Gasteiger partial charge in [0.05, 0.1) is 13.0 Å². The van der Waals surface area contributed by atoms with E-state index >= 15 is 0 Å². The fourth-order valence-corrected chi connectivity index (χ4v) is 2.19. The van der Waals surface area contributed by atoms with Crippen LogP contribution >= 0.6 is 0 Å². The largest absolute Gasteiger partial charge is 0.508 e. The Kier molecular flexibility index (Phi) is 3.10. The van der Waals surface area contributed by atoms with E-state index in [1.165, 1.54) is 7.11 Å². The maximum Gasteiger partial charge on any atom is 0.310 e. The lowest BCUT2D eigenvalue weighted by atomic mass is 9.94. The van der Waals surface area contributed by atoms with E-state index in [0.717, 1.165) is 18.5 Å². The first-order chi connectivity index (χ1) is 7.74. The van der Waals surface area contributed by atoms with Crippen molar-refractivity contribution in [1.82, 2.24) is 5.32 Å². The van der Waals surface area contributed by atoms with Gasteiger partial charge in [0.25, 0.3) is 0 Å². The molecule has 2 atom stereocenters. The van der Waals surface area contributed by atoms with E-state index in [0.29, 0.717) is 0 Å². The van der Waals surface area contributed by atoms with Crippen molar-refractivity contribution in [3.63, 3.8) is 0 Å². The van der Waals surface area contributed by atoms with Gasteiger partial charge in [-0.05, 0) is 19.0 Å². The minimum atomic E-state index is -0.224. The van der Waals surface area contributed by atoms with Gasteiger partial charge in [-0.15, -0.1) is 0 Å². The van der Waals surface area contributed by atoms with Crippen LogP contribution in [0.3, 0.4) is 0 Å². The van der Waals surface area contributed by atoms with Crippen molar-refractivity contribution in [2.45, 2.75) is 12.5 Å². The zero-order valence-corrected chi connectivity index (χ0v) is 9.14. The summed E-state index contributed by atoms with van der Waals surface area (Å²) >= 11 is 0. The number of hydrogen-bond donors (Lipinski definition) is 2. The molecule has 0 spiro atoms. The van der Waals surface area contributed by atoms with Crippen molar-refractivity contribution < 1.29 is 14.6 Å². The third kappa shape index (κ3) is 1.88. The van der Waals surface area contributed by atoms with Gasteiger partial charge in [-0.3, -0.25) is 4.79 Å². The Morgan fingerprint density at radius 2 is 2.25 bits per heavy atom. The van der Waals surface area contributed by atoms with Gasteiger partial charge in [-0.1, -0.05) is 18.2 Å². The second-order valence-electron chi connectivity index (χ2n) is 3.91. The molecular weight excluding hydrogens is 206 g/mol. The first kappa shape index (κ1) is 11.0. The topological polar surface area (TPSA) is 58.6 Å². The highest BCUT2D eigenvalue weighted by Crippen LogP contribution is 2.34. The number of benzene rings is 1. The van der Waals surface area contributed by atoms with Gasteiger partial charge in [0.1, 0.15) is 5.75 Å². The SMILES string of the molecule is COC(=O)C1CCNC1c1ccccc1O. The Morgan fingerprint density at radius 1 is 1.50 bits per heavy atom. The van der Waals surface area contributed by atoms with Crippen molar-refractivity contribution in [1.29, 1.82) is 0 Å². The fourth-order valence-electron chi connectivity index (χ4n) is 2.19. The van der Waals surface area contributed by atoms with Gasteiger partial charge in [-0.25, -0.2) is 0 Å². The summed E-state index contributed by atoms with van der Waals surface area (Å²) in [6, 6.07) is 6.93. The summed E-state index contributed by atoms with van der Waals surface area (Å²) in [5.41, 5.74) is 0.760. The molecule has 1 heterocycles. The Labute approximate surface area is 94.2 Å². The van der Waals surface area contributed by atoms with Crippen LogP contribution in [0.5, 0.6) is 5.75 Å². The van der Waals surface area contributed by atoms with E-state index in [1.54, 1.807) is 12.1 Å². The minimum absolute atomic E-state index is 0.145. The van der Waals surface area contributed by atoms with E-state index in [4.69, 9.17) is 4.74 Å². The summed E-state index contributed by atoms with van der Waals surface area (Å²) in [7, 11) is 1.39. The molecule has 1 saturated heterocycles. The van der Waals surface area contributed by atoms with Crippen LogP contribution in [-0.2, 0) is 9.53 Å². The lowest BCUT2D eigenvalue weighted by molar-refractivity contribution is -0.145. The lowest BCUT2D eigenvalue weighted by Gasteiger charge is -2.18. The molecular formula is C12H15NO3. The molecule has 1 aliphatic rings. The predicted molar refractivity (Wildman–Crippen MR) is 59.0 cm³/mol. The molecule has 2 rings (SSSR count). The van der Waals surface area contributed by atoms with E-state index in [1.807, 2.05) is 12.1 Å². The van der Waals surface area contributed by atoms with Crippen molar-refractivity contribution in [3.05, 3.63) is 29.8 Å². The van der Waals surface area contributed by atoms with Gasteiger partial charge < -0.3 is 15.2 Å². The minimum Gasteiger partial charge on any atom is -0.508 e. The second kappa shape index (κ2) is 4.53. The molecule has 2 N–H and O–H groups in total. The number of carbonyl (C=O) groups is 1. The number of para-hydroxylation sites is 1. The van der Waals surface area contributed by atoms with Crippen LogP contribution in [0.2, 0.25) is 0 Å². The van der Waals surface area contributed by atoms with Crippen LogP contribution in [0.1, 0.15) is 18.0 Å². The van der Waals surface area contributed by atoms with Gasteiger partial charge in [-0.2, -0.15) is 0 Å². The Morgan fingerprint density at radius 3 is 2.94 bits per heavy atom. The summed E-state index contributed by atoms with van der Waals surface area (Å²) in [5, 5.41) is 13.0. The summed E-state index contributed by atoms with van der Waals surface area (Å²) in [6.07, 6.45) is 0.742. The van der Waals surface area contributed by atoms with Crippen molar-refractivity contribution in [3.8, 4) is 5.75 Å². The molecule has 1 aliphatic heterocycles. The zero-order valence-electron chi connectivity index (χ0n) is 9.14. The van der Waals surface area contributed by atoms with Crippen LogP contribution in [-0.4, -0.2) is 24.7 Å². The van der Waals surface area contributed by atoms with Crippen LogP contribution in [0, 0.1) is 5.92 Å². The summed E-state index contributed by atoms with van der Waals surface area (Å²) in [5.74, 6) is -0.215. The molecule has 0 amide bonds. The summed E-state index contributed by atoms with van der Waals surface area (Å²) in [4.78, 5) is 11.6. The van der Waals surface area contributed by atoms with E-state index < -0.39 is 0 Å². The normalized spacial score (nSPS) is 24.3. The molecule has 0 radical (unpaired) electrons. The van der Waals surface area contributed by atoms with E-state index in [2.05, 4.69) is 5.32 Å². The first-order valence-electron chi connectivity index (χ1n) is 5.33. The molecule has 16 heavy (non-hydrogen) atoms. The predicted octanol–water partition coefficient (Wildman–Crippen LogP) is 1.22. The molecule has 2 unspecified atom stereocenters. The zero-order chi connectivity index (χ0) is 11.5. The third-order valence-electron chi connectivity index (χ3n) is 3.00. The van der Waals surface area contributed by atoms with Crippen molar-refractivity contribution >= 4 is 5.97 Å². The number of nitrogens with one attached hydrogen (secondary N) is 1. The summed E-state index contributed by atoms with van der Waals surface area (Å²) in [6.45, 7) is 0.763. The Bertz CT molecular complexity index is 392. The number of rotatable bonds is 2. The monoisotopic (exact) mass is 221 g/mol. The maximum atomic E-state index is 11.6. The average molecular weight is 221 g/mol. The van der Waals surface area contributed by atoms with Gasteiger partial charge in [0.2, 0.25) is 0 Å². The number of carbonyl (C=O) groups excluding carboxylic acids is 1. The molecule has 4 nitrogen and oxygen atoms in total. The van der Waals surface area contributed by atoms with Crippen LogP contribution in [0.15, 0.2) is 24.3 Å². The van der Waals surface area contributed by atoms with Crippen molar-refractivity contribution in [2.75, 3.05) is 13.7 Å². The Balaban J connectivity index is 2.27. The summed E-state index contributed by atoms with van der Waals surface area (Å²) < 4.78 is 4.77. The molecule has 1 aromatic carbocycles. The number of methoxy groups -OCH3 is 1. The third-order valence-corrected chi connectivity index (χ3v) is 3.00. The van der Waals surface area contributed by atoms with Crippen molar-refractivity contribution in [2.24, 2.45) is 5.92 Å². The van der Waals surface area contributed by atoms with E-state index in [-0.39, 0.29) is 23.7 Å². The number of esters is 1. The molecule has 0 aliphatic carbocycles.